The molecule has 0 amide bonds. The van der Waals surface area contributed by atoms with E-state index in [1.165, 1.54) is 23.1 Å². The van der Waals surface area contributed by atoms with Crippen LogP contribution in [0.2, 0.25) is 0 Å². The number of carbonyl (C=O) groups excluding carboxylic acids is 1. The Morgan fingerprint density at radius 3 is 2.95 bits per heavy atom. The number of H-pyrrole nitrogens is 1. The van der Waals surface area contributed by atoms with Crippen molar-refractivity contribution in [2.24, 2.45) is 0 Å². The van der Waals surface area contributed by atoms with Gasteiger partial charge in [0.1, 0.15) is 4.88 Å². The molecule has 20 heavy (non-hydrogen) atoms. The van der Waals surface area contributed by atoms with Crippen molar-refractivity contribution >= 4 is 29.1 Å². The van der Waals surface area contributed by atoms with Gasteiger partial charge in [-0.2, -0.15) is 0 Å². The van der Waals surface area contributed by atoms with Crippen LogP contribution in [0.15, 0.2) is 27.5 Å². The summed E-state index contributed by atoms with van der Waals surface area (Å²) in [6, 6.07) is 3.50. The Hall–Kier alpha value is -1.60. The molecule has 2 heterocycles. The third kappa shape index (κ3) is 3.49. The molecule has 0 radical (unpaired) electrons. The van der Waals surface area contributed by atoms with Gasteiger partial charge in [0, 0.05) is 17.7 Å². The number of esters is 1. The van der Waals surface area contributed by atoms with Crippen molar-refractivity contribution < 1.29 is 9.53 Å². The van der Waals surface area contributed by atoms with E-state index in [-0.39, 0.29) is 18.1 Å². The second kappa shape index (κ2) is 6.71. The summed E-state index contributed by atoms with van der Waals surface area (Å²) in [5.41, 5.74) is 1.06. The molecule has 2 aromatic heterocycles. The Labute approximate surface area is 124 Å². The zero-order valence-corrected chi connectivity index (χ0v) is 12.8. The smallest absolute Gasteiger partial charge is 0.348 e. The van der Waals surface area contributed by atoms with Crippen molar-refractivity contribution in [1.82, 2.24) is 9.97 Å². The van der Waals surface area contributed by atoms with Crippen molar-refractivity contribution in [3.8, 4) is 0 Å². The molecule has 0 aliphatic heterocycles. The maximum atomic E-state index is 11.9. The molecule has 0 unspecified atom stereocenters. The van der Waals surface area contributed by atoms with Crippen molar-refractivity contribution in [3.05, 3.63) is 44.0 Å². The maximum absolute atomic E-state index is 11.9. The zero-order chi connectivity index (χ0) is 14.5. The van der Waals surface area contributed by atoms with Gasteiger partial charge in [0.25, 0.3) is 5.56 Å². The van der Waals surface area contributed by atoms with E-state index in [1.807, 2.05) is 11.6 Å². The quantitative estimate of drug-likeness (QED) is 0.521. The summed E-state index contributed by atoms with van der Waals surface area (Å²) in [6.07, 6.45) is 2.21. The van der Waals surface area contributed by atoms with Crippen molar-refractivity contribution in [1.29, 1.82) is 0 Å². The van der Waals surface area contributed by atoms with Crippen LogP contribution in [0.5, 0.6) is 0 Å². The van der Waals surface area contributed by atoms with Crippen LogP contribution in [0, 0.1) is 6.92 Å². The predicted molar refractivity (Wildman–Crippen MR) is 79.7 cm³/mol. The molecule has 0 fully saturated rings. The lowest BCUT2D eigenvalue weighted by Crippen LogP contribution is -2.19. The lowest BCUT2D eigenvalue weighted by Gasteiger charge is -2.06. The summed E-state index contributed by atoms with van der Waals surface area (Å²) in [6.45, 7) is 1.95. The molecule has 7 heteroatoms. The number of aromatic amines is 1. The fourth-order valence-corrected chi connectivity index (χ4v) is 2.73. The second-order valence-corrected chi connectivity index (χ2v) is 5.75. The van der Waals surface area contributed by atoms with E-state index in [2.05, 4.69) is 9.97 Å². The first-order valence-electron chi connectivity index (χ1n) is 5.96. The van der Waals surface area contributed by atoms with Crippen LogP contribution in [0.25, 0.3) is 0 Å². The molecule has 0 aromatic carbocycles. The molecule has 2 rings (SSSR count). The van der Waals surface area contributed by atoms with Crippen LogP contribution < -0.4 is 5.56 Å². The highest BCUT2D eigenvalue weighted by Crippen LogP contribution is 2.11. The van der Waals surface area contributed by atoms with Gasteiger partial charge in [-0.1, -0.05) is 17.8 Å². The number of thioether (sulfide) groups is 1. The van der Waals surface area contributed by atoms with Gasteiger partial charge in [0.05, 0.1) is 6.61 Å². The van der Waals surface area contributed by atoms with Crippen LogP contribution in [0.3, 0.4) is 0 Å². The largest absolute Gasteiger partial charge is 0.461 e. The highest BCUT2D eigenvalue weighted by atomic mass is 32.2. The molecule has 106 valence electrons. The molecule has 0 saturated carbocycles. The molecule has 0 atom stereocenters. The number of aromatic nitrogens is 2. The van der Waals surface area contributed by atoms with Gasteiger partial charge in [-0.25, -0.2) is 9.78 Å². The van der Waals surface area contributed by atoms with E-state index in [9.17, 15) is 9.59 Å². The number of ether oxygens (including phenoxy) is 1. The summed E-state index contributed by atoms with van der Waals surface area (Å²) in [5, 5.41) is 2.41. The average molecular weight is 310 g/mol. The van der Waals surface area contributed by atoms with Crippen LogP contribution in [-0.4, -0.2) is 28.8 Å². The topological polar surface area (TPSA) is 72.0 Å². The Morgan fingerprint density at radius 2 is 2.35 bits per heavy atom. The third-order valence-electron chi connectivity index (χ3n) is 2.70. The number of thiophene rings is 1. The van der Waals surface area contributed by atoms with E-state index in [1.54, 1.807) is 19.1 Å². The Balaban J connectivity index is 1.98. The van der Waals surface area contributed by atoms with E-state index in [4.69, 9.17) is 4.74 Å². The fraction of sp³-hybridized carbons (Fsp3) is 0.308. The molecular weight excluding hydrogens is 296 g/mol. The van der Waals surface area contributed by atoms with Crippen LogP contribution in [0.4, 0.5) is 0 Å². The number of nitrogens with one attached hydrogen (secondary N) is 1. The van der Waals surface area contributed by atoms with Crippen LogP contribution >= 0.6 is 23.1 Å². The molecule has 0 aliphatic rings. The maximum Gasteiger partial charge on any atom is 0.348 e. The van der Waals surface area contributed by atoms with Crippen LogP contribution in [0.1, 0.15) is 20.9 Å². The summed E-state index contributed by atoms with van der Waals surface area (Å²) < 4.78 is 5.14. The summed E-state index contributed by atoms with van der Waals surface area (Å²) in [7, 11) is 0. The monoisotopic (exact) mass is 310 g/mol. The predicted octanol–water partition coefficient (Wildman–Crippen LogP) is 2.26. The first kappa shape index (κ1) is 14.8. The standard InChI is InChI=1S/C13H14N2O3S2/c1-8-9(11(16)15-13(14-8)19-2)5-6-18-12(17)10-4-3-7-20-10/h3-4,7H,5-6H2,1-2H3,(H,14,15,16). The van der Waals surface area contributed by atoms with Gasteiger partial charge in [-0.05, 0) is 24.6 Å². The van der Waals surface area contributed by atoms with E-state index < -0.39 is 0 Å². The highest BCUT2D eigenvalue weighted by molar-refractivity contribution is 7.98. The zero-order valence-electron chi connectivity index (χ0n) is 11.1. The lowest BCUT2D eigenvalue weighted by molar-refractivity contribution is 0.0514. The first-order chi connectivity index (χ1) is 9.61. The second-order valence-electron chi connectivity index (χ2n) is 4.00. The van der Waals surface area contributed by atoms with Gasteiger partial charge in [-0.15, -0.1) is 11.3 Å². The SMILES string of the molecule is CSc1nc(C)c(CCOC(=O)c2cccs2)c(=O)[nH]1. The average Bonchev–Trinajstić information content (AvgIpc) is 2.95. The number of aryl methyl sites for hydroxylation is 1. The fourth-order valence-electron chi connectivity index (χ4n) is 1.69. The molecule has 5 nitrogen and oxygen atoms in total. The number of carbonyl (C=O) groups is 1. The number of nitrogens with zero attached hydrogens (tertiary/aromatic N) is 1. The van der Waals surface area contributed by atoms with Gasteiger partial charge < -0.3 is 9.72 Å². The molecule has 0 aliphatic carbocycles. The molecular formula is C13H14N2O3S2. The van der Waals surface area contributed by atoms with Crippen molar-refractivity contribution in [3.63, 3.8) is 0 Å². The Kier molecular flexibility index (Phi) is 4.97. The minimum atomic E-state index is -0.359. The third-order valence-corrected chi connectivity index (χ3v) is 4.13. The highest BCUT2D eigenvalue weighted by Gasteiger charge is 2.11. The first-order valence-corrected chi connectivity index (χ1v) is 8.06. The van der Waals surface area contributed by atoms with Crippen molar-refractivity contribution in [2.75, 3.05) is 12.9 Å². The molecule has 0 spiro atoms. The normalized spacial score (nSPS) is 10.5. The number of hydrogen-bond donors (Lipinski definition) is 1. The van der Waals surface area contributed by atoms with Crippen molar-refractivity contribution in [2.45, 2.75) is 18.5 Å². The van der Waals surface area contributed by atoms with E-state index >= 15 is 0 Å². The van der Waals surface area contributed by atoms with E-state index in [0.717, 1.165) is 0 Å². The van der Waals surface area contributed by atoms with E-state index in [0.29, 0.717) is 27.7 Å². The molecule has 0 saturated heterocycles. The molecule has 0 bridgehead atoms. The Morgan fingerprint density at radius 1 is 1.55 bits per heavy atom. The lowest BCUT2D eigenvalue weighted by atomic mass is 10.2. The Bertz CT molecular complexity index is 650. The van der Waals surface area contributed by atoms with Gasteiger partial charge >= 0.3 is 5.97 Å². The van der Waals surface area contributed by atoms with Gasteiger partial charge in [-0.3, -0.25) is 4.79 Å². The number of rotatable bonds is 5. The van der Waals surface area contributed by atoms with Gasteiger partial charge in [0.15, 0.2) is 5.16 Å². The minimum absolute atomic E-state index is 0.168. The summed E-state index contributed by atoms with van der Waals surface area (Å²) >= 11 is 2.71. The number of hydrogen-bond acceptors (Lipinski definition) is 6. The molecule has 2 aromatic rings. The van der Waals surface area contributed by atoms with Gasteiger partial charge in [0.2, 0.25) is 0 Å². The molecule has 1 N–H and O–H groups in total. The van der Waals surface area contributed by atoms with Crippen LogP contribution in [-0.2, 0) is 11.2 Å². The summed E-state index contributed by atoms with van der Waals surface area (Å²) in [5.74, 6) is -0.359. The minimum Gasteiger partial charge on any atom is -0.461 e. The summed E-state index contributed by atoms with van der Waals surface area (Å²) in [4.78, 5) is 31.0.